The molecule has 5 rings (SSSR count). The number of hydrogen-bond donors (Lipinski definition) is 1. The van der Waals surface area contributed by atoms with Crippen molar-refractivity contribution < 1.29 is 28.9 Å². The first-order valence-corrected chi connectivity index (χ1v) is 8.34. The van der Waals surface area contributed by atoms with Crippen LogP contribution in [-0.2, 0) is 23.8 Å². The van der Waals surface area contributed by atoms with Gasteiger partial charge in [0.1, 0.15) is 23.7 Å². The van der Waals surface area contributed by atoms with Crippen LogP contribution in [0.25, 0.3) is 0 Å². The summed E-state index contributed by atoms with van der Waals surface area (Å²) < 4.78 is 17.0. The van der Waals surface area contributed by atoms with Crippen LogP contribution in [0, 0.1) is 16.7 Å². The molecule has 0 aromatic heterocycles. The van der Waals surface area contributed by atoms with Crippen LogP contribution in [0.1, 0.15) is 33.6 Å². The van der Waals surface area contributed by atoms with Crippen molar-refractivity contribution in [2.24, 2.45) is 16.7 Å². The molecule has 1 N–H and O–H groups in total. The zero-order valence-electron chi connectivity index (χ0n) is 13.4. The fourth-order valence-corrected chi connectivity index (χ4v) is 5.88. The van der Waals surface area contributed by atoms with Crippen LogP contribution in [0.5, 0.6) is 0 Å². The van der Waals surface area contributed by atoms with Gasteiger partial charge in [0.2, 0.25) is 0 Å². The smallest absolute Gasteiger partial charge is 0.335 e. The number of aliphatic hydroxyl groups is 1. The van der Waals surface area contributed by atoms with E-state index >= 15 is 0 Å². The fourth-order valence-electron chi connectivity index (χ4n) is 5.88. The molecule has 23 heavy (non-hydrogen) atoms. The number of esters is 2. The van der Waals surface area contributed by atoms with E-state index in [4.69, 9.17) is 14.2 Å². The van der Waals surface area contributed by atoms with Crippen molar-refractivity contribution in [1.82, 2.24) is 0 Å². The molecule has 124 valence electrons. The second kappa shape index (κ2) is 3.81. The Morgan fingerprint density at radius 2 is 1.96 bits per heavy atom. The van der Waals surface area contributed by atoms with Crippen LogP contribution in [0.15, 0.2) is 11.1 Å². The zero-order valence-corrected chi connectivity index (χ0v) is 13.4. The molecule has 0 aromatic rings. The average molecular weight is 320 g/mol. The first-order valence-electron chi connectivity index (χ1n) is 8.34. The molecule has 3 heterocycles. The Bertz CT molecular complexity index is 683. The van der Waals surface area contributed by atoms with Gasteiger partial charge in [-0.3, -0.25) is 4.79 Å². The highest BCUT2D eigenvalue weighted by atomic mass is 16.6. The minimum atomic E-state index is -1.03. The quantitative estimate of drug-likeness (QED) is 0.566. The van der Waals surface area contributed by atoms with Crippen molar-refractivity contribution >= 4 is 11.9 Å². The van der Waals surface area contributed by atoms with E-state index < -0.39 is 23.0 Å². The summed E-state index contributed by atoms with van der Waals surface area (Å²) in [6.45, 7) is 5.72. The number of epoxide rings is 1. The maximum atomic E-state index is 12.6. The highest BCUT2D eigenvalue weighted by Gasteiger charge is 2.80. The predicted octanol–water partition coefficient (Wildman–Crippen LogP) is 0.718. The zero-order chi connectivity index (χ0) is 16.3. The van der Waals surface area contributed by atoms with Gasteiger partial charge in [0.25, 0.3) is 0 Å². The molecule has 0 spiro atoms. The van der Waals surface area contributed by atoms with Crippen molar-refractivity contribution in [2.45, 2.75) is 64.1 Å². The summed E-state index contributed by atoms with van der Waals surface area (Å²) in [7, 11) is 0. The van der Waals surface area contributed by atoms with Crippen molar-refractivity contribution in [3.8, 4) is 0 Å². The third-order valence-corrected chi connectivity index (χ3v) is 6.90. The topological polar surface area (TPSA) is 85.4 Å². The van der Waals surface area contributed by atoms with Gasteiger partial charge in [-0.2, -0.15) is 0 Å². The average Bonchev–Trinajstić information content (AvgIpc) is 3.18. The Hall–Kier alpha value is -1.40. The number of carbonyl (C=O) groups is 2. The van der Waals surface area contributed by atoms with Gasteiger partial charge in [0.15, 0.2) is 0 Å². The molecule has 3 fully saturated rings. The number of ether oxygens (including phenoxy) is 3. The van der Waals surface area contributed by atoms with Crippen LogP contribution in [0.3, 0.4) is 0 Å². The van der Waals surface area contributed by atoms with Gasteiger partial charge in [-0.1, -0.05) is 13.8 Å². The number of aliphatic hydroxyl groups excluding tert-OH is 1. The summed E-state index contributed by atoms with van der Waals surface area (Å²) in [5.41, 5.74) is -0.0250. The Labute approximate surface area is 133 Å². The van der Waals surface area contributed by atoms with E-state index in [1.54, 1.807) is 6.92 Å². The van der Waals surface area contributed by atoms with Gasteiger partial charge in [0, 0.05) is 23.3 Å². The summed E-state index contributed by atoms with van der Waals surface area (Å²) in [6, 6.07) is 0. The SMILES string of the molecule is CC[C@@H]1OC(=O)C2=C1C[C@H]1OC(=O)[C@]3(C)[C@@H]1[C@]2(C)[C@@H]1O[C@@H]1[C@@H]3O. The molecule has 2 aliphatic carbocycles. The molecule has 3 aliphatic heterocycles. The van der Waals surface area contributed by atoms with E-state index in [-0.39, 0.29) is 36.2 Å². The van der Waals surface area contributed by atoms with Crippen molar-refractivity contribution in [3.05, 3.63) is 11.1 Å². The summed E-state index contributed by atoms with van der Waals surface area (Å²) in [6.07, 6.45) is -0.866. The Morgan fingerprint density at radius 3 is 2.65 bits per heavy atom. The normalized spacial score (nSPS) is 55.8. The minimum Gasteiger partial charge on any atom is -0.461 e. The number of cyclic esters (lactones) is 1. The first-order chi connectivity index (χ1) is 10.8. The minimum absolute atomic E-state index is 0.232. The van der Waals surface area contributed by atoms with E-state index in [0.717, 1.165) is 5.57 Å². The van der Waals surface area contributed by atoms with Gasteiger partial charge < -0.3 is 19.3 Å². The van der Waals surface area contributed by atoms with E-state index in [1.165, 1.54) is 0 Å². The standard InChI is InChI=1S/C17H20O6/c1-4-7-6-5-8-11-16(2,9(6)14(19)21-7)13-10(23-13)12(18)17(11,3)15(20)22-8/h7-8,10-13,18H,4-5H2,1-3H3/t7-,8+,10+,11-,12-,13+,16+,17+/m0/s1. The molecule has 8 atom stereocenters. The molecule has 2 saturated heterocycles. The number of carbonyl (C=O) groups excluding carboxylic acids is 2. The molecule has 6 nitrogen and oxygen atoms in total. The summed E-state index contributed by atoms with van der Waals surface area (Å²) in [5, 5.41) is 10.6. The first kappa shape index (κ1) is 14.0. The van der Waals surface area contributed by atoms with E-state index in [1.807, 2.05) is 13.8 Å². The molecule has 0 amide bonds. The van der Waals surface area contributed by atoms with Crippen LogP contribution in [0.4, 0.5) is 0 Å². The molecule has 6 heteroatoms. The third kappa shape index (κ3) is 1.28. The Morgan fingerprint density at radius 1 is 1.22 bits per heavy atom. The second-order valence-electron chi connectivity index (χ2n) is 7.86. The lowest BCUT2D eigenvalue weighted by Gasteiger charge is -2.49. The van der Waals surface area contributed by atoms with Crippen LogP contribution >= 0.6 is 0 Å². The summed E-state index contributed by atoms with van der Waals surface area (Å²) >= 11 is 0. The lowest BCUT2D eigenvalue weighted by molar-refractivity contribution is -0.155. The molecule has 0 radical (unpaired) electrons. The molecule has 0 unspecified atom stereocenters. The number of fused-ring (bicyclic) bond motifs is 3. The number of rotatable bonds is 1. The van der Waals surface area contributed by atoms with Crippen LogP contribution < -0.4 is 0 Å². The molecular formula is C17H20O6. The monoisotopic (exact) mass is 320 g/mol. The molecule has 5 aliphatic rings. The van der Waals surface area contributed by atoms with Crippen molar-refractivity contribution in [3.63, 3.8) is 0 Å². The Kier molecular flexibility index (Phi) is 2.31. The molecule has 0 bridgehead atoms. The van der Waals surface area contributed by atoms with E-state index in [0.29, 0.717) is 18.4 Å². The summed E-state index contributed by atoms with van der Waals surface area (Å²) in [4.78, 5) is 25.1. The lowest BCUT2D eigenvalue weighted by atomic mass is 9.49. The highest BCUT2D eigenvalue weighted by Crippen LogP contribution is 2.69. The van der Waals surface area contributed by atoms with Gasteiger partial charge in [-0.25, -0.2) is 4.79 Å². The van der Waals surface area contributed by atoms with Gasteiger partial charge in [-0.15, -0.1) is 0 Å². The summed E-state index contributed by atoms with van der Waals surface area (Å²) in [5.74, 6) is -0.925. The number of hydrogen-bond acceptors (Lipinski definition) is 6. The van der Waals surface area contributed by atoms with Crippen molar-refractivity contribution in [2.75, 3.05) is 0 Å². The van der Waals surface area contributed by atoms with Crippen molar-refractivity contribution in [1.29, 1.82) is 0 Å². The third-order valence-electron chi connectivity index (χ3n) is 6.90. The van der Waals surface area contributed by atoms with Crippen LogP contribution in [-0.4, -0.2) is 47.6 Å². The largest absolute Gasteiger partial charge is 0.461 e. The van der Waals surface area contributed by atoms with Gasteiger partial charge in [0.05, 0.1) is 12.2 Å². The fraction of sp³-hybridized carbons (Fsp3) is 0.765. The highest BCUT2D eigenvalue weighted by molar-refractivity contribution is 5.95. The van der Waals surface area contributed by atoms with Crippen LogP contribution in [0.2, 0.25) is 0 Å². The van der Waals surface area contributed by atoms with E-state index in [2.05, 4.69) is 0 Å². The second-order valence-corrected chi connectivity index (χ2v) is 7.86. The molecule has 0 aromatic carbocycles. The molecule has 1 saturated carbocycles. The lowest BCUT2D eigenvalue weighted by Crippen LogP contribution is -2.60. The maximum absolute atomic E-state index is 12.6. The van der Waals surface area contributed by atoms with E-state index in [9.17, 15) is 14.7 Å². The molecular weight excluding hydrogens is 300 g/mol. The predicted molar refractivity (Wildman–Crippen MR) is 76.1 cm³/mol. The van der Waals surface area contributed by atoms with Gasteiger partial charge in [-0.05, 0) is 18.9 Å². The Balaban J connectivity index is 1.74. The maximum Gasteiger partial charge on any atom is 0.335 e. The van der Waals surface area contributed by atoms with Gasteiger partial charge >= 0.3 is 11.9 Å².